The molecule has 26 heavy (non-hydrogen) atoms. The van der Waals surface area contributed by atoms with Crippen LogP contribution in [0.25, 0.3) is 11.5 Å². The molecule has 2 aromatic rings. The van der Waals surface area contributed by atoms with E-state index in [9.17, 15) is 4.79 Å². The molecule has 1 amide bonds. The lowest BCUT2D eigenvalue weighted by molar-refractivity contribution is 0.0209. The van der Waals surface area contributed by atoms with Gasteiger partial charge in [0, 0.05) is 37.9 Å². The molecule has 10 heteroatoms. The Morgan fingerprint density at radius 3 is 2.81 bits per heavy atom. The zero-order chi connectivity index (χ0) is 17.9. The Bertz CT molecular complexity index is 770. The minimum atomic E-state index is -0.313. The Kier molecular flexibility index (Phi) is 4.57. The first-order valence-corrected chi connectivity index (χ1v) is 8.45. The summed E-state index contributed by atoms with van der Waals surface area (Å²) in [6.45, 7) is 3.74. The number of piperazine rings is 1. The summed E-state index contributed by atoms with van der Waals surface area (Å²) in [6, 6.07) is 4.00. The summed E-state index contributed by atoms with van der Waals surface area (Å²) in [5, 5.41) is 7.36. The number of rotatable bonds is 4. The Morgan fingerprint density at radius 2 is 2.12 bits per heavy atom. The summed E-state index contributed by atoms with van der Waals surface area (Å²) in [4.78, 5) is 24.0. The van der Waals surface area contributed by atoms with E-state index in [2.05, 4.69) is 20.4 Å². The molecule has 1 N–H and O–H groups in total. The normalized spacial score (nSPS) is 17.7. The predicted octanol–water partition coefficient (Wildman–Crippen LogP) is 0.831. The summed E-state index contributed by atoms with van der Waals surface area (Å²) in [5.41, 5.74) is 0.801. The van der Waals surface area contributed by atoms with Gasteiger partial charge in [0.2, 0.25) is 0 Å². The first-order valence-electron chi connectivity index (χ1n) is 8.45. The summed E-state index contributed by atoms with van der Waals surface area (Å²) in [5.74, 6) is 1.70. The van der Waals surface area contributed by atoms with Crippen molar-refractivity contribution in [1.82, 2.24) is 20.0 Å². The van der Waals surface area contributed by atoms with Crippen LogP contribution in [0, 0.1) is 0 Å². The van der Waals surface area contributed by atoms with Gasteiger partial charge in [-0.15, -0.1) is 0 Å². The van der Waals surface area contributed by atoms with Gasteiger partial charge >= 0.3 is 6.09 Å². The van der Waals surface area contributed by atoms with E-state index in [1.54, 1.807) is 11.1 Å². The first kappa shape index (κ1) is 16.6. The average molecular weight is 360 g/mol. The highest BCUT2D eigenvalue weighted by Gasteiger charge is 2.25. The van der Waals surface area contributed by atoms with Crippen molar-refractivity contribution in [3.63, 3.8) is 0 Å². The molecule has 2 aromatic heterocycles. The molecule has 0 aliphatic carbocycles. The van der Waals surface area contributed by atoms with E-state index in [1.165, 1.54) is 7.11 Å². The average Bonchev–Trinajstić information content (AvgIpc) is 3.15. The molecule has 2 aliphatic rings. The number of carbonyl (C=O) groups is 1. The zero-order valence-corrected chi connectivity index (χ0v) is 14.4. The fourth-order valence-corrected chi connectivity index (χ4v) is 2.85. The molecule has 0 bridgehead atoms. The number of aromatic nitrogens is 3. The molecular weight excluding hydrogens is 340 g/mol. The highest BCUT2D eigenvalue weighted by molar-refractivity contribution is 5.67. The molecule has 10 nitrogen and oxygen atoms in total. The Labute approximate surface area is 150 Å². The second-order valence-corrected chi connectivity index (χ2v) is 6.15. The lowest BCUT2D eigenvalue weighted by atomic mass is 10.2. The van der Waals surface area contributed by atoms with Crippen molar-refractivity contribution in [3.05, 3.63) is 18.3 Å². The van der Waals surface area contributed by atoms with Crippen LogP contribution in [-0.4, -0.2) is 78.7 Å². The summed E-state index contributed by atoms with van der Waals surface area (Å²) < 4.78 is 15.3. The van der Waals surface area contributed by atoms with Crippen molar-refractivity contribution in [2.45, 2.75) is 6.04 Å². The third-order valence-corrected chi connectivity index (χ3v) is 4.41. The SMILES string of the molecule is COC(=O)N1CCN(c2noc(-c3ccnc(NC4COC4)c3)n2)CC1. The number of nitrogens with one attached hydrogen (secondary N) is 1. The molecule has 0 spiro atoms. The van der Waals surface area contributed by atoms with E-state index in [0.29, 0.717) is 57.3 Å². The quantitative estimate of drug-likeness (QED) is 0.848. The smallest absolute Gasteiger partial charge is 0.409 e. The minimum absolute atomic E-state index is 0.294. The van der Waals surface area contributed by atoms with Crippen LogP contribution < -0.4 is 10.2 Å². The van der Waals surface area contributed by atoms with E-state index in [-0.39, 0.29) is 6.09 Å². The fourth-order valence-electron chi connectivity index (χ4n) is 2.85. The van der Waals surface area contributed by atoms with Crippen LogP contribution >= 0.6 is 0 Å². The molecular formula is C16H20N6O4. The van der Waals surface area contributed by atoms with Crippen molar-refractivity contribution < 1.29 is 18.8 Å². The second kappa shape index (κ2) is 7.16. The van der Waals surface area contributed by atoms with Crippen molar-refractivity contribution in [2.24, 2.45) is 0 Å². The molecule has 0 aromatic carbocycles. The van der Waals surface area contributed by atoms with Gasteiger partial charge in [-0.3, -0.25) is 0 Å². The largest absolute Gasteiger partial charge is 0.453 e. The van der Waals surface area contributed by atoms with Crippen LogP contribution in [0.2, 0.25) is 0 Å². The molecule has 138 valence electrons. The maximum Gasteiger partial charge on any atom is 0.409 e. The number of nitrogens with zero attached hydrogens (tertiary/aromatic N) is 5. The second-order valence-electron chi connectivity index (χ2n) is 6.15. The Hall–Kier alpha value is -2.88. The van der Waals surface area contributed by atoms with Gasteiger partial charge in [0.15, 0.2) is 0 Å². The zero-order valence-electron chi connectivity index (χ0n) is 14.4. The molecule has 2 saturated heterocycles. The third-order valence-electron chi connectivity index (χ3n) is 4.41. The number of carbonyl (C=O) groups excluding carboxylic acids is 1. The number of hydrogen-bond donors (Lipinski definition) is 1. The Morgan fingerprint density at radius 1 is 1.31 bits per heavy atom. The lowest BCUT2D eigenvalue weighted by Crippen LogP contribution is -2.49. The lowest BCUT2D eigenvalue weighted by Gasteiger charge is -2.32. The molecule has 0 atom stereocenters. The highest BCUT2D eigenvalue weighted by atomic mass is 16.5. The minimum Gasteiger partial charge on any atom is -0.453 e. The summed E-state index contributed by atoms with van der Waals surface area (Å²) in [6.07, 6.45) is 1.39. The van der Waals surface area contributed by atoms with Crippen LogP contribution in [0.5, 0.6) is 0 Å². The van der Waals surface area contributed by atoms with Gasteiger partial charge in [-0.1, -0.05) is 0 Å². The number of methoxy groups -OCH3 is 1. The van der Waals surface area contributed by atoms with E-state index in [1.807, 2.05) is 17.0 Å². The van der Waals surface area contributed by atoms with E-state index in [4.69, 9.17) is 14.0 Å². The number of hydrogen-bond acceptors (Lipinski definition) is 9. The fraction of sp³-hybridized carbons (Fsp3) is 0.500. The van der Waals surface area contributed by atoms with Crippen molar-refractivity contribution >= 4 is 17.9 Å². The molecule has 4 rings (SSSR count). The van der Waals surface area contributed by atoms with Gasteiger partial charge in [-0.2, -0.15) is 4.98 Å². The third kappa shape index (κ3) is 3.40. The molecule has 0 radical (unpaired) electrons. The van der Waals surface area contributed by atoms with Gasteiger partial charge in [-0.05, 0) is 17.3 Å². The van der Waals surface area contributed by atoms with Gasteiger partial charge in [0.25, 0.3) is 11.8 Å². The van der Waals surface area contributed by atoms with Crippen molar-refractivity contribution in [3.8, 4) is 11.5 Å². The Balaban J connectivity index is 1.42. The van der Waals surface area contributed by atoms with E-state index < -0.39 is 0 Å². The standard InChI is InChI=1S/C16H20N6O4/c1-24-16(23)22-6-4-21(5-7-22)15-19-14(26-20-15)11-2-3-17-13(8-11)18-12-9-25-10-12/h2-3,8,12H,4-7,9-10H2,1H3,(H,17,18). The number of pyridine rings is 1. The number of anilines is 2. The van der Waals surface area contributed by atoms with Gasteiger partial charge in [-0.25, -0.2) is 9.78 Å². The maximum atomic E-state index is 11.5. The molecule has 2 aliphatic heterocycles. The van der Waals surface area contributed by atoms with Crippen LogP contribution in [0.3, 0.4) is 0 Å². The highest BCUT2D eigenvalue weighted by Crippen LogP contribution is 2.23. The van der Waals surface area contributed by atoms with E-state index >= 15 is 0 Å². The monoisotopic (exact) mass is 360 g/mol. The van der Waals surface area contributed by atoms with Crippen LogP contribution in [0.1, 0.15) is 0 Å². The number of ether oxygens (including phenoxy) is 2. The summed E-state index contributed by atoms with van der Waals surface area (Å²) >= 11 is 0. The van der Waals surface area contributed by atoms with E-state index in [0.717, 1.165) is 11.4 Å². The predicted molar refractivity (Wildman–Crippen MR) is 91.9 cm³/mol. The van der Waals surface area contributed by atoms with Crippen LogP contribution in [-0.2, 0) is 9.47 Å². The molecule has 0 unspecified atom stereocenters. The van der Waals surface area contributed by atoms with Gasteiger partial charge < -0.3 is 29.1 Å². The van der Waals surface area contributed by atoms with Gasteiger partial charge in [0.1, 0.15) is 5.82 Å². The van der Waals surface area contributed by atoms with Crippen molar-refractivity contribution in [2.75, 3.05) is 56.7 Å². The number of amides is 1. The van der Waals surface area contributed by atoms with Crippen LogP contribution in [0.15, 0.2) is 22.9 Å². The molecule has 4 heterocycles. The van der Waals surface area contributed by atoms with Crippen molar-refractivity contribution in [1.29, 1.82) is 0 Å². The van der Waals surface area contributed by atoms with Crippen LogP contribution in [0.4, 0.5) is 16.6 Å². The summed E-state index contributed by atoms with van der Waals surface area (Å²) in [7, 11) is 1.38. The molecule has 0 saturated carbocycles. The topological polar surface area (TPSA) is 106 Å². The van der Waals surface area contributed by atoms with Gasteiger partial charge in [0.05, 0.1) is 26.4 Å². The maximum absolute atomic E-state index is 11.5. The first-order chi connectivity index (χ1) is 12.7. The molecule has 2 fully saturated rings.